The van der Waals surface area contributed by atoms with Crippen LogP contribution in [0.25, 0.3) is 10.4 Å². The number of hydrogen-bond donors (Lipinski definition) is 1. The number of rotatable bonds is 4. The molecule has 0 saturated carbocycles. The predicted octanol–water partition coefficient (Wildman–Crippen LogP) is 1.84. The van der Waals surface area contributed by atoms with E-state index in [1.165, 1.54) is 18.2 Å². The highest BCUT2D eigenvalue weighted by Crippen LogP contribution is 2.22. The number of carbonyl (C=O) groups excluding carboxylic acids is 1. The van der Waals surface area contributed by atoms with Crippen LogP contribution in [0.1, 0.15) is 0 Å². The fourth-order valence-corrected chi connectivity index (χ4v) is 1.02. The van der Waals surface area contributed by atoms with E-state index in [0.717, 1.165) is 0 Å². The first kappa shape index (κ1) is 11.5. The number of anilines is 1. The molecule has 1 rings (SSSR count). The summed E-state index contributed by atoms with van der Waals surface area (Å²) in [7, 11) is 0. The van der Waals surface area contributed by atoms with Crippen LogP contribution >= 0.6 is 0 Å². The van der Waals surface area contributed by atoms with E-state index in [2.05, 4.69) is 15.3 Å². The number of carbonyl (C=O) groups is 1. The molecule has 0 saturated heterocycles. The molecule has 1 aromatic rings. The topological polar surface area (TPSA) is 121 Å². The Kier molecular flexibility index (Phi) is 3.82. The zero-order valence-electron chi connectivity index (χ0n) is 8.03. The molecule has 1 amide bonds. The van der Waals surface area contributed by atoms with Gasteiger partial charge >= 0.3 is 0 Å². The van der Waals surface area contributed by atoms with Crippen molar-refractivity contribution in [1.29, 1.82) is 0 Å². The van der Waals surface area contributed by atoms with Gasteiger partial charge in [-0.15, -0.1) is 0 Å². The minimum Gasteiger partial charge on any atom is -0.320 e. The minimum absolute atomic E-state index is 0.0747. The molecule has 0 bridgehead atoms. The molecule has 0 aliphatic rings. The van der Waals surface area contributed by atoms with Gasteiger partial charge in [-0.05, 0) is 11.6 Å². The van der Waals surface area contributed by atoms with Gasteiger partial charge in [0.15, 0.2) is 0 Å². The summed E-state index contributed by atoms with van der Waals surface area (Å²) in [6.45, 7) is -0.400. The van der Waals surface area contributed by atoms with Crippen LogP contribution in [-0.4, -0.2) is 17.4 Å². The van der Waals surface area contributed by atoms with Crippen molar-refractivity contribution in [3.8, 4) is 0 Å². The summed E-state index contributed by atoms with van der Waals surface area (Å²) in [6, 6.07) is 5.70. The van der Waals surface area contributed by atoms with Crippen LogP contribution in [0.3, 0.4) is 0 Å². The van der Waals surface area contributed by atoms with Crippen molar-refractivity contribution in [3.05, 3.63) is 44.8 Å². The van der Waals surface area contributed by atoms with Crippen LogP contribution < -0.4 is 5.32 Å². The van der Waals surface area contributed by atoms with E-state index in [0.29, 0.717) is 0 Å². The van der Waals surface area contributed by atoms with Crippen LogP contribution in [-0.2, 0) is 4.79 Å². The number of nitrogens with zero attached hydrogens (tertiary/aromatic N) is 4. The number of nitro groups is 1. The number of benzene rings is 1. The molecule has 1 aromatic carbocycles. The Balaban J connectivity index is 2.84. The van der Waals surface area contributed by atoms with Gasteiger partial charge in [-0.25, -0.2) is 0 Å². The Bertz CT molecular complexity index is 466. The van der Waals surface area contributed by atoms with Gasteiger partial charge < -0.3 is 5.32 Å². The van der Waals surface area contributed by atoms with Gasteiger partial charge in [-0.3, -0.25) is 14.9 Å². The largest absolute Gasteiger partial charge is 0.320 e. The van der Waals surface area contributed by atoms with E-state index in [4.69, 9.17) is 5.53 Å². The molecule has 8 heteroatoms. The maximum absolute atomic E-state index is 11.1. The molecule has 0 fully saturated rings. The number of amides is 1. The Hall–Kier alpha value is -2.60. The highest BCUT2D eigenvalue weighted by atomic mass is 16.6. The summed E-state index contributed by atoms with van der Waals surface area (Å²) in [6.07, 6.45) is 0. The first-order valence-corrected chi connectivity index (χ1v) is 4.19. The molecule has 16 heavy (non-hydrogen) atoms. The summed E-state index contributed by atoms with van der Waals surface area (Å²) >= 11 is 0. The molecular weight excluding hydrogens is 214 g/mol. The van der Waals surface area contributed by atoms with Crippen molar-refractivity contribution < 1.29 is 9.72 Å². The standard InChI is InChI=1S/C8H7N5O3/c9-12-10-5-8(14)11-6-3-1-2-4-7(6)13(15)16/h1-4H,5H2,(H,11,14). The third-order valence-electron chi connectivity index (χ3n) is 1.65. The number of nitrogens with one attached hydrogen (secondary N) is 1. The smallest absolute Gasteiger partial charge is 0.292 e. The van der Waals surface area contributed by atoms with Crippen molar-refractivity contribution in [2.24, 2.45) is 5.11 Å². The van der Waals surface area contributed by atoms with E-state index in [-0.39, 0.29) is 11.4 Å². The van der Waals surface area contributed by atoms with Crippen molar-refractivity contribution in [3.63, 3.8) is 0 Å². The van der Waals surface area contributed by atoms with Gasteiger partial charge in [0, 0.05) is 11.0 Å². The van der Waals surface area contributed by atoms with Crippen molar-refractivity contribution in [2.75, 3.05) is 11.9 Å². The Morgan fingerprint density at radius 1 is 1.56 bits per heavy atom. The normalized spacial score (nSPS) is 9.00. The van der Waals surface area contributed by atoms with Gasteiger partial charge in [0.1, 0.15) is 12.2 Å². The van der Waals surface area contributed by atoms with Gasteiger partial charge in [0.25, 0.3) is 5.69 Å². The average molecular weight is 221 g/mol. The van der Waals surface area contributed by atoms with Crippen molar-refractivity contribution in [1.82, 2.24) is 0 Å². The lowest BCUT2D eigenvalue weighted by Crippen LogP contribution is -2.15. The van der Waals surface area contributed by atoms with E-state index in [9.17, 15) is 14.9 Å². The lowest BCUT2D eigenvalue weighted by Gasteiger charge is -2.03. The van der Waals surface area contributed by atoms with Crippen LogP contribution in [0, 0.1) is 10.1 Å². The SMILES string of the molecule is [N-]=[N+]=NCC(=O)Nc1ccccc1[N+](=O)[O-]. The second-order valence-corrected chi connectivity index (χ2v) is 2.71. The van der Waals surface area contributed by atoms with Crippen LogP contribution in [0.5, 0.6) is 0 Å². The molecule has 8 nitrogen and oxygen atoms in total. The van der Waals surface area contributed by atoms with E-state index in [1.807, 2.05) is 0 Å². The first-order chi connectivity index (χ1) is 7.65. The lowest BCUT2D eigenvalue weighted by atomic mass is 10.2. The minimum atomic E-state index is -0.608. The molecular formula is C8H7N5O3. The second kappa shape index (κ2) is 5.32. The van der Waals surface area contributed by atoms with Crippen molar-refractivity contribution in [2.45, 2.75) is 0 Å². The van der Waals surface area contributed by atoms with E-state index < -0.39 is 17.4 Å². The maximum atomic E-state index is 11.1. The average Bonchev–Trinajstić information content (AvgIpc) is 2.27. The maximum Gasteiger partial charge on any atom is 0.292 e. The Morgan fingerprint density at radius 3 is 2.88 bits per heavy atom. The lowest BCUT2D eigenvalue weighted by molar-refractivity contribution is -0.383. The molecule has 0 aliphatic carbocycles. The van der Waals surface area contributed by atoms with E-state index in [1.54, 1.807) is 6.07 Å². The Morgan fingerprint density at radius 2 is 2.25 bits per heavy atom. The zero-order valence-corrected chi connectivity index (χ0v) is 8.03. The first-order valence-electron chi connectivity index (χ1n) is 4.19. The molecule has 1 N–H and O–H groups in total. The molecule has 0 aliphatic heterocycles. The van der Waals surface area contributed by atoms with Gasteiger partial charge in [0.2, 0.25) is 5.91 Å². The molecule has 82 valence electrons. The summed E-state index contributed by atoms with van der Waals surface area (Å²) in [5, 5.41) is 15.9. The third kappa shape index (κ3) is 2.96. The molecule has 0 radical (unpaired) electrons. The van der Waals surface area contributed by atoms with Crippen molar-refractivity contribution >= 4 is 17.3 Å². The zero-order chi connectivity index (χ0) is 12.0. The fourth-order valence-electron chi connectivity index (χ4n) is 1.02. The number of para-hydroxylation sites is 2. The molecule has 0 unspecified atom stereocenters. The van der Waals surface area contributed by atoms with E-state index >= 15 is 0 Å². The van der Waals surface area contributed by atoms with Crippen LogP contribution in [0.2, 0.25) is 0 Å². The van der Waals surface area contributed by atoms with Crippen LogP contribution in [0.15, 0.2) is 29.4 Å². The second-order valence-electron chi connectivity index (χ2n) is 2.71. The molecule has 0 aromatic heterocycles. The Labute approximate surface area is 89.7 Å². The summed E-state index contributed by atoms with van der Waals surface area (Å²) in [4.78, 5) is 23.5. The van der Waals surface area contributed by atoms with Crippen LogP contribution in [0.4, 0.5) is 11.4 Å². The number of hydrogen-bond acceptors (Lipinski definition) is 4. The molecule has 0 heterocycles. The summed E-state index contributed by atoms with van der Waals surface area (Å²) in [5.41, 5.74) is 7.86. The highest BCUT2D eigenvalue weighted by Gasteiger charge is 2.13. The quantitative estimate of drug-likeness (QED) is 0.274. The fraction of sp³-hybridized carbons (Fsp3) is 0.125. The highest BCUT2D eigenvalue weighted by molar-refractivity contribution is 5.94. The predicted molar refractivity (Wildman–Crippen MR) is 55.7 cm³/mol. The number of azide groups is 1. The summed E-state index contributed by atoms with van der Waals surface area (Å²) in [5.74, 6) is -0.605. The monoisotopic (exact) mass is 221 g/mol. The third-order valence-corrected chi connectivity index (χ3v) is 1.65. The van der Waals surface area contributed by atoms with Gasteiger partial charge in [0.05, 0.1) is 4.92 Å². The molecule has 0 atom stereocenters. The van der Waals surface area contributed by atoms with Gasteiger partial charge in [-0.2, -0.15) is 0 Å². The van der Waals surface area contributed by atoms with Gasteiger partial charge in [-0.1, -0.05) is 17.2 Å². The molecule has 0 spiro atoms. The summed E-state index contributed by atoms with van der Waals surface area (Å²) < 4.78 is 0. The number of nitro benzene ring substituents is 1.